The van der Waals surface area contributed by atoms with Crippen molar-refractivity contribution in [2.45, 2.75) is 52.0 Å². The van der Waals surface area contributed by atoms with Crippen molar-refractivity contribution in [1.29, 1.82) is 0 Å². The Labute approximate surface area is 148 Å². The van der Waals surface area contributed by atoms with E-state index >= 15 is 0 Å². The molecule has 0 bridgehead atoms. The Kier molecular flexibility index (Phi) is 7.10. The van der Waals surface area contributed by atoms with Crippen molar-refractivity contribution in [3.63, 3.8) is 0 Å². The number of benzene rings is 1. The summed E-state index contributed by atoms with van der Waals surface area (Å²) >= 11 is 0. The molecule has 2 rings (SSSR count). The van der Waals surface area contributed by atoms with E-state index in [1.807, 2.05) is 6.92 Å². The van der Waals surface area contributed by atoms with Gasteiger partial charge in [0.2, 0.25) is 0 Å². The lowest BCUT2D eigenvalue weighted by molar-refractivity contribution is -0.139. The second kappa shape index (κ2) is 9.30. The zero-order chi connectivity index (χ0) is 18.2. The maximum absolute atomic E-state index is 12.5. The highest BCUT2D eigenvalue weighted by Crippen LogP contribution is 2.29. The molecule has 1 aromatic rings. The first kappa shape index (κ1) is 19.1. The Morgan fingerprint density at radius 1 is 1.16 bits per heavy atom. The molecule has 0 saturated heterocycles. The van der Waals surface area contributed by atoms with Gasteiger partial charge in [-0.1, -0.05) is 19.8 Å². The quantitative estimate of drug-likeness (QED) is 0.738. The molecule has 1 amide bonds. The molecule has 2 atom stereocenters. The molecule has 0 aliphatic heterocycles. The van der Waals surface area contributed by atoms with E-state index in [-0.39, 0.29) is 11.9 Å². The van der Waals surface area contributed by atoms with Crippen molar-refractivity contribution >= 4 is 11.9 Å². The molecule has 2 unspecified atom stereocenters. The first-order chi connectivity index (χ1) is 12.0. The SMILES string of the molecule is CCOc1cc(C(=O)NC2CCCC(C)CC2)ccc1OCC(=O)O. The van der Waals surface area contributed by atoms with Crippen LogP contribution in [0.25, 0.3) is 0 Å². The highest BCUT2D eigenvalue weighted by Gasteiger charge is 2.19. The molecular formula is C19H27NO5. The fourth-order valence-electron chi connectivity index (χ4n) is 3.08. The van der Waals surface area contributed by atoms with Gasteiger partial charge in [-0.25, -0.2) is 4.79 Å². The molecule has 6 nitrogen and oxygen atoms in total. The molecule has 138 valence electrons. The Morgan fingerprint density at radius 2 is 1.96 bits per heavy atom. The zero-order valence-corrected chi connectivity index (χ0v) is 14.9. The van der Waals surface area contributed by atoms with E-state index in [1.165, 1.54) is 6.42 Å². The molecule has 1 fully saturated rings. The number of hydrogen-bond acceptors (Lipinski definition) is 4. The Hall–Kier alpha value is -2.24. The minimum Gasteiger partial charge on any atom is -0.490 e. The molecule has 2 N–H and O–H groups in total. The number of amides is 1. The van der Waals surface area contributed by atoms with Crippen LogP contribution in [-0.4, -0.2) is 36.2 Å². The molecule has 0 aromatic heterocycles. The summed E-state index contributed by atoms with van der Waals surface area (Å²) in [6.07, 6.45) is 5.51. The summed E-state index contributed by atoms with van der Waals surface area (Å²) in [4.78, 5) is 23.2. The van der Waals surface area contributed by atoms with Crippen molar-refractivity contribution in [3.8, 4) is 11.5 Å². The van der Waals surface area contributed by atoms with Crippen molar-refractivity contribution in [2.75, 3.05) is 13.2 Å². The number of ether oxygens (including phenoxy) is 2. The number of carbonyl (C=O) groups is 2. The van der Waals surface area contributed by atoms with Crippen LogP contribution in [0.3, 0.4) is 0 Å². The first-order valence-electron chi connectivity index (χ1n) is 8.92. The second-order valence-corrected chi connectivity index (χ2v) is 6.56. The lowest BCUT2D eigenvalue weighted by Gasteiger charge is -2.17. The number of hydrogen-bond donors (Lipinski definition) is 2. The molecule has 6 heteroatoms. The van der Waals surface area contributed by atoms with Gasteiger partial charge in [0.15, 0.2) is 18.1 Å². The minimum atomic E-state index is -1.06. The number of nitrogens with one attached hydrogen (secondary N) is 1. The second-order valence-electron chi connectivity index (χ2n) is 6.56. The van der Waals surface area contributed by atoms with Gasteiger partial charge >= 0.3 is 5.97 Å². The smallest absolute Gasteiger partial charge is 0.341 e. The molecule has 1 saturated carbocycles. The van der Waals surface area contributed by atoms with Gasteiger partial charge in [0.05, 0.1) is 6.61 Å². The average molecular weight is 349 g/mol. The first-order valence-corrected chi connectivity index (χ1v) is 8.92. The van der Waals surface area contributed by atoms with Crippen LogP contribution >= 0.6 is 0 Å². The monoisotopic (exact) mass is 349 g/mol. The molecular weight excluding hydrogens is 322 g/mol. The summed E-state index contributed by atoms with van der Waals surface area (Å²) in [6, 6.07) is 5.03. The Morgan fingerprint density at radius 3 is 2.68 bits per heavy atom. The maximum Gasteiger partial charge on any atom is 0.341 e. The predicted molar refractivity (Wildman–Crippen MR) is 94.2 cm³/mol. The highest BCUT2D eigenvalue weighted by atomic mass is 16.5. The largest absolute Gasteiger partial charge is 0.490 e. The summed E-state index contributed by atoms with van der Waals surface area (Å²) < 4.78 is 10.7. The van der Waals surface area contributed by atoms with Crippen LogP contribution < -0.4 is 14.8 Å². The highest BCUT2D eigenvalue weighted by molar-refractivity contribution is 5.95. The molecule has 0 spiro atoms. The summed E-state index contributed by atoms with van der Waals surface area (Å²) in [5, 5.41) is 11.8. The van der Waals surface area contributed by atoms with Crippen LogP contribution in [0.15, 0.2) is 18.2 Å². The summed E-state index contributed by atoms with van der Waals surface area (Å²) in [5.41, 5.74) is 0.489. The maximum atomic E-state index is 12.5. The lowest BCUT2D eigenvalue weighted by atomic mass is 10.0. The summed E-state index contributed by atoms with van der Waals surface area (Å²) in [6.45, 7) is 4.02. The van der Waals surface area contributed by atoms with Crippen molar-refractivity contribution < 1.29 is 24.2 Å². The predicted octanol–water partition coefficient (Wildman–Crippen LogP) is 3.25. The fraction of sp³-hybridized carbons (Fsp3) is 0.579. The van der Waals surface area contributed by atoms with Gasteiger partial charge in [-0.15, -0.1) is 0 Å². The standard InChI is InChI=1S/C19H27NO5/c1-3-24-17-11-14(8-10-16(17)25-12-18(21)22)19(23)20-15-6-4-5-13(2)7-9-15/h8,10-11,13,15H,3-7,9,12H2,1-2H3,(H,20,23)(H,21,22). The lowest BCUT2D eigenvalue weighted by Crippen LogP contribution is -2.34. The molecule has 1 aliphatic rings. The topological polar surface area (TPSA) is 84.9 Å². The van der Waals surface area contributed by atoms with Crippen LogP contribution in [0, 0.1) is 5.92 Å². The van der Waals surface area contributed by atoms with E-state index in [0.717, 1.165) is 31.6 Å². The third kappa shape index (κ3) is 5.96. The van der Waals surface area contributed by atoms with Gasteiger partial charge < -0.3 is 19.9 Å². The zero-order valence-electron chi connectivity index (χ0n) is 14.9. The summed E-state index contributed by atoms with van der Waals surface area (Å²) in [7, 11) is 0. The third-order valence-electron chi connectivity index (χ3n) is 4.45. The fourth-order valence-corrected chi connectivity index (χ4v) is 3.08. The van der Waals surface area contributed by atoms with Crippen LogP contribution in [0.5, 0.6) is 11.5 Å². The van der Waals surface area contributed by atoms with E-state index in [1.54, 1.807) is 18.2 Å². The van der Waals surface area contributed by atoms with Crippen molar-refractivity contribution in [1.82, 2.24) is 5.32 Å². The van der Waals surface area contributed by atoms with E-state index < -0.39 is 12.6 Å². The van der Waals surface area contributed by atoms with Gasteiger partial charge in [0, 0.05) is 11.6 Å². The molecule has 0 heterocycles. The molecule has 0 radical (unpaired) electrons. The van der Waals surface area contributed by atoms with E-state index in [4.69, 9.17) is 14.6 Å². The number of carboxylic acid groups (broad SMARTS) is 1. The minimum absolute atomic E-state index is 0.134. The normalized spacial score (nSPS) is 20.4. The van der Waals surface area contributed by atoms with Crippen molar-refractivity contribution in [2.24, 2.45) is 5.92 Å². The Bertz CT molecular complexity index is 601. The number of rotatable bonds is 7. The van der Waals surface area contributed by atoms with Crippen LogP contribution in [-0.2, 0) is 4.79 Å². The average Bonchev–Trinajstić information content (AvgIpc) is 2.78. The van der Waals surface area contributed by atoms with Crippen LogP contribution in [0.2, 0.25) is 0 Å². The van der Waals surface area contributed by atoms with E-state index in [0.29, 0.717) is 23.7 Å². The Balaban J connectivity index is 2.05. The number of carbonyl (C=O) groups excluding carboxylic acids is 1. The van der Waals surface area contributed by atoms with E-state index in [9.17, 15) is 9.59 Å². The van der Waals surface area contributed by atoms with Gasteiger partial charge in [0.25, 0.3) is 5.91 Å². The van der Waals surface area contributed by atoms with Crippen molar-refractivity contribution in [3.05, 3.63) is 23.8 Å². The van der Waals surface area contributed by atoms with Crippen LogP contribution in [0.4, 0.5) is 0 Å². The van der Waals surface area contributed by atoms with E-state index in [2.05, 4.69) is 12.2 Å². The third-order valence-corrected chi connectivity index (χ3v) is 4.45. The van der Waals surface area contributed by atoms with Gasteiger partial charge in [0.1, 0.15) is 0 Å². The summed E-state index contributed by atoms with van der Waals surface area (Å²) in [5.74, 6) is 0.226. The molecule has 1 aliphatic carbocycles. The number of aliphatic carboxylic acids is 1. The van der Waals surface area contributed by atoms with Crippen LogP contribution in [0.1, 0.15) is 56.3 Å². The van der Waals surface area contributed by atoms with Gasteiger partial charge in [-0.3, -0.25) is 4.79 Å². The molecule has 1 aromatic carbocycles. The molecule has 25 heavy (non-hydrogen) atoms. The number of carboxylic acids is 1. The van der Waals surface area contributed by atoms with Gasteiger partial charge in [-0.2, -0.15) is 0 Å². The van der Waals surface area contributed by atoms with Gasteiger partial charge in [-0.05, 0) is 50.3 Å².